The predicted octanol–water partition coefficient (Wildman–Crippen LogP) is 2.26. The summed E-state index contributed by atoms with van der Waals surface area (Å²) in [5.74, 6) is -0.356. The summed E-state index contributed by atoms with van der Waals surface area (Å²) in [5.41, 5.74) is 0.835. The van der Waals surface area contributed by atoms with Gasteiger partial charge >= 0.3 is 0 Å². The Hall–Kier alpha value is -0.640. The standard InChI is InChI=1S/C11H15ClFNO/c1-15-8-7-14-6-5-9-3-2-4-10(13)11(9)12/h2-4,14H,5-8H2,1H3. The van der Waals surface area contributed by atoms with Crippen LogP contribution in [0.2, 0.25) is 5.02 Å². The van der Waals surface area contributed by atoms with Gasteiger partial charge in [0.05, 0.1) is 11.6 Å². The predicted molar refractivity (Wildman–Crippen MR) is 59.9 cm³/mol. The Bertz CT molecular complexity index is 307. The highest BCUT2D eigenvalue weighted by Crippen LogP contribution is 2.19. The Labute approximate surface area is 94.4 Å². The van der Waals surface area contributed by atoms with Crippen LogP contribution in [-0.4, -0.2) is 26.8 Å². The Kier molecular flexibility index (Phi) is 5.61. The molecular weight excluding hydrogens is 217 g/mol. The molecule has 0 atom stereocenters. The van der Waals surface area contributed by atoms with Gasteiger partial charge in [0.25, 0.3) is 0 Å². The van der Waals surface area contributed by atoms with E-state index in [0.717, 1.165) is 25.1 Å². The number of halogens is 2. The average Bonchev–Trinajstić information content (AvgIpc) is 2.24. The van der Waals surface area contributed by atoms with Crippen molar-refractivity contribution in [2.45, 2.75) is 6.42 Å². The van der Waals surface area contributed by atoms with Gasteiger partial charge in [-0.2, -0.15) is 0 Å². The number of nitrogens with one attached hydrogen (secondary N) is 1. The molecule has 0 aliphatic heterocycles. The van der Waals surface area contributed by atoms with Crippen molar-refractivity contribution in [1.82, 2.24) is 5.32 Å². The monoisotopic (exact) mass is 231 g/mol. The molecule has 0 radical (unpaired) electrons. The van der Waals surface area contributed by atoms with E-state index in [2.05, 4.69) is 5.32 Å². The Balaban J connectivity index is 2.34. The maximum atomic E-state index is 13.0. The molecule has 0 spiro atoms. The van der Waals surface area contributed by atoms with E-state index in [4.69, 9.17) is 16.3 Å². The van der Waals surface area contributed by atoms with E-state index in [9.17, 15) is 4.39 Å². The molecule has 0 aliphatic carbocycles. The van der Waals surface area contributed by atoms with Gasteiger partial charge in [-0.3, -0.25) is 0 Å². The van der Waals surface area contributed by atoms with Crippen molar-refractivity contribution in [2.75, 3.05) is 26.8 Å². The smallest absolute Gasteiger partial charge is 0.142 e. The zero-order valence-electron chi connectivity index (χ0n) is 8.72. The summed E-state index contributed by atoms with van der Waals surface area (Å²) in [6.45, 7) is 2.24. The first-order chi connectivity index (χ1) is 7.25. The SMILES string of the molecule is COCCNCCc1cccc(F)c1Cl. The van der Waals surface area contributed by atoms with Crippen LogP contribution in [0.3, 0.4) is 0 Å². The minimum Gasteiger partial charge on any atom is -0.383 e. The van der Waals surface area contributed by atoms with Crippen LogP contribution in [0.1, 0.15) is 5.56 Å². The third-order valence-electron chi connectivity index (χ3n) is 2.09. The summed E-state index contributed by atoms with van der Waals surface area (Å²) < 4.78 is 17.9. The average molecular weight is 232 g/mol. The normalized spacial score (nSPS) is 10.6. The zero-order valence-corrected chi connectivity index (χ0v) is 9.48. The largest absolute Gasteiger partial charge is 0.383 e. The Morgan fingerprint density at radius 3 is 2.93 bits per heavy atom. The molecule has 0 unspecified atom stereocenters. The number of benzene rings is 1. The molecule has 4 heteroatoms. The molecule has 0 bridgehead atoms. The minimum atomic E-state index is -0.356. The molecule has 0 saturated heterocycles. The number of ether oxygens (including phenoxy) is 1. The quantitative estimate of drug-likeness (QED) is 0.759. The second-order valence-electron chi connectivity index (χ2n) is 3.21. The number of methoxy groups -OCH3 is 1. The first kappa shape index (κ1) is 12.4. The molecule has 1 aromatic rings. The van der Waals surface area contributed by atoms with E-state index in [0.29, 0.717) is 6.61 Å². The van der Waals surface area contributed by atoms with E-state index < -0.39 is 0 Å². The molecular formula is C11H15ClFNO. The summed E-state index contributed by atoms with van der Waals surface area (Å²) >= 11 is 5.81. The fourth-order valence-electron chi connectivity index (χ4n) is 1.26. The van der Waals surface area contributed by atoms with Gasteiger partial charge in [0, 0.05) is 13.7 Å². The molecule has 0 heterocycles. The summed E-state index contributed by atoms with van der Waals surface area (Å²) in [6.07, 6.45) is 0.723. The maximum Gasteiger partial charge on any atom is 0.142 e. The lowest BCUT2D eigenvalue weighted by atomic mass is 10.1. The van der Waals surface area contributed by atoms with Crippen LogP contribution >= 0.6 is 11.6 Å². The van der Waals surface area contributed by atoms with Crippen molar-refractivity contribution in [3.8, 4) is 0 Å². The molecule has 0 amide bonds. The first-order valence-electron chi connectivity index (χ1n) is 4.88. The third kappa shape index (κ3) is 4.16. The second-order valence-corrected chi connectivity index (χ2v) is 3.58. The van der Waals surface area contributed by atoms with Gasteiger partial charge in [0.1, 0.15) is 5.82 Å². The van der Waals surface area contributed by atoms with Crippen molar-refractivity contribution in [3.63, 3.8) is 0 Å². The van der Waals surface area contributed by atoms with Crippen molar-refractivity contribution in [1.29, 1.82) is 0 Å². The van der Waals surface area contributed by atoms with Crippen molar-refractivity contribution < 1.29 is 9.13 Å². The fourth-order valence-corrected chi connectivity index (χ4v) is 1.48. The van der Waals surface area contributed by atoms with E-state index in [1.807, 2.05) is 6.07 Å². The summed E-state index contributed by atoms with van der Waals surface area (Å²) in [5, 5.41) is 3.40. The number of hydrogen-bond donors (Lipinski definition) is 1. The molecule has 1 rings (SSSR count). The van der Waals surface area contributed by atoms with Crippen LogP contribution in [0, 0.1) is 5.82 Å². The molecule has 0 aliphatic rings. The number of hydrogen-bond acceptors (Lipinski definition) is 2. The topological polar surface area (TPSA) is 21.3 Å². The molecule has 0 saturated carbocycles. The highest BCUT2D eigenvalue weighted by Gasteiger charge is 2.04. The van der Waals surface area contributed by atoms with E-state index in [1.165, 1.54) is 6.07 Å². The molecule has 1 aromatic carbocycles. The molecule has 0 aromatic heterocycles. The lowest BCUT2D eigenvalue weighted by Crippen LogP contribution is -2.21. The Morgan fingerprint density at radius 2 is 2.20 bits per heavy atom. The van der Waals surface area contributed by atoms with Crippen molar-refractivity contribution in [2.24, 2.45) is 0 Å². The zero-order chi connectivity index (χ0) is 11.1. The van der Waals surface area contributed by atoms with Gasteiger partial charge in [0.15, 0.2) is 0 Å². The molecule has 15 heavy (non-hydrogen) atoms. The van der Waals surface area contributed by atoms with Gasteiger partial charge in [-0.15, -0.1) is 0 Å². The molecule has 0 fully saturated rings. The van der Waals surface area contributed by atoms with Gasteiger partial charge in [-0.05, 0) is 24.6 Å². The van der Waals surface area contributed by atoms with E-state index in [1.54, 1.807) is 13.2 Å². The van der Waals surface area contributed by atoms with Crippen LogP contribution < -0.4 is 5.32 Å². The number of rotatable bonds is 6. The molecule has 1 N–H and O–H groups in total. The van der Waals surface area contributed by atoms with Crippen molar-refractivity contribution >= 4 is 11.6 Å². The summed E-state index contributed by atoms with van der Waals surface area (Å²) in [4.78, 5) is 0. The van der Waals surface area contributed by atoms with Crippen LogP contribution in [-0.2, 0) is 11.2 Å². The highest BCUT2D eigenvalue weighted by atomic mass is 35.5. The first-order valence-corrected chi connectivity index (χ1v) is 5.26. The minimum absolute atomic E-state index is 0.228. The Morgan fingerprint density at radius 1 is 1.40 bits per heavy atom. The third-order valence-corrected chi connectivity index (χ3v) is 2.51. The van der Waals surface area contributed by atoms with Crippen LogP contribution in [0.4, 0.5) is 4.39 Å². The highest BCUT2D eigenvalue weighted by molar-refractivity contribution is 6.31. The van der Waals surface area contributed by atoms with Gasteiger partial charge in [0.2, 0.25) is 0 Å². The van der Waals surface area contributed by atoms with Gasteiger partial charge in [-0.25, -0.2) is 4.39 Å². The fraction of sp³-hybridized carbons (Fsp3) is 0.455. The summed E-state index contributed by atoms with van der Waals surface area (Å²) in [7, 11) is 1.66. The van der Waals surface area contributed by atoms with Crippen LogP contribution in [0.5, 0.6) is 0 Å². The molecule has 84 valence electrons. The maximum absolute atomic E-state index is 13.0. The lowest BCUT2D eigenvalue weighted by molar-refractivity contribution is 0.199. The van der Waals surface area contributed by atoms with E-state index in [-0.39, 0.29) is 10.8 Å². The summed E-state index contributed by atoms with van der Waals surface area (Å²) in [6, 6.07) is 4.87. The lowest BCUT2D eigenvalue weighted by Gasteiger charge is -2.06. The van der Waals surface area contributed by atoms with Crippen LogP contribution in [0.15, 0.2) is 18.2 Å². The van der Waals surface area contributed by atoms with Crippen molar-refractivity contribution in [3.05, 3.63) is 34.6 Å². The van der Waals surface area contributed by atoms with E-state index >= 15 is 0 Å². The molecule has 2 nitrogen and oxygen atoms in total. The van der Waals surface area contributed by atoms with Crippen LogP contribution in [0.25, 0.3) is 0 Å². The van der Waals surface area contributed by atoms with Gasteiger partial charge < -0.3 is 10.1 Å². The second kappa shape index (κ2) is 6.77. The van der Waals surface area contributed by atoms with Gasteiger partial charge in [-0.1, -0.05) is 23.7 Å².